The van der Waals surface area contributed by atoms with Gasteiger partial charge in [0.2, 0.25) is 11.8 Å². The Labute approximate surface area is 149 Å². The molecule has 0 saturated carbocycles. The summed E-state index contributed by atoms with van der Waals surface area (Å²) < 4.78 is 13.0. The maximum absolute atomic E-state index is 13.0. The largest absolute Gasteiger partial charge is 0.312 e. The van der Waals surface area contributed by atoms with Crippen molar-refractivity contribution in [2.24, 2.45) is 11.0 Å². The number of anilines is 1. The Kier molecular flexibility index (Phi) is 5.09. The van der Waals surface area contributed by atoms with Crippen LogP contribution in [-0.4, -0.2) is 24.6 Å². The molecular formula is C18H15ClFN3O2. The van der Waals surface area contributed by atoms with E-state index in [1.807, 2.05) is 0 Å². The van der Waals surface area contributed by atoms with Gasteiger partial charge >= 0.3 is 0 Å². The molecule has 2 aromatic rings. The number of benzene rings is 2. The number of hydrogen-bond acceptors (Lipinski definition) is 3. The average molecular weight is 360 g/mol. The Bertz CT molecular complexity index is 823. The highest BCUT2D eigenvalue weighted by molar-refractivity contribution is 6.30. The van der Waals surface area contributed by atoms with Crippen LogP contribution in [-0.2, 0) is 9.59 Å². The van der Waals surface area contributed by atoms with Crippen molar-refractivity contribution >= 4 is 35.3 Å². The zero-order chi connectivity index (χ0) is 17.8. The molecule has 1 fully saturated rings. The summed E-state index contributed by atoms with van der Waals surface area (Å²) in [6.07, 6.45) is 1.58. The van der Waals surface area contributed by atoms with Crippen molar-refractivity contribution in [1.29, 1.82) is 0 Å². The van der Waals surface area contributed by atoms with Gasteiger partial charge in [0.05, 0.1) is 12.1 Å². The summed E-state index contributed by atoms with van der Waals surface area (Å²) in [5.74, 6) is -1.39. The molecule has 1 aliphatic rings. The fourth-order valence-electron chi connectivity index (χ4n) is 2.60. The van der Waals surface area contributed by atoms with Crippen LogP contribution in [0, 0.1) is 11.7 Å². The molecule has 0 aromatic heterocycles. The first-order valence-corrected chi connectivity index (χ1v) is 8.05. The average Bonchev–Trinajstić information content (AvgIpc) is 2.97. The number of hydrogen-bond donors (Lipinski definition) is 1. The van der Waals surface area contributed by atoms with Crippen molar-refractivity contribution in [3.63, 3.8) is 0 Å². The van der Waals surface area contributed by atoms with E-state index in [1.54, 1.807) is 24.3 Å². The SMILES string of the molecule is O=C(N/N=C\c1cccc(Cl)c1)[C@H]1CC(=O)N(c2ccc(F)cc2)C1. The minimum absolute atomic E-state index is 0.0931. The Morgan fingerprint density at radius 1 is 1.28 bits per heavy atom. The van der Waals surface area contributed by atoms with Crippen LogP contribution in [0.1, 0.15) is 12.0 Å². The maximum Gasteiger partial charge on any atom is 0.245 e. The summed E-state index contributed by atoms with van der Waals surface area (Å²) in [7, 11) is 0. The van der Waals surface area contributed by atoms with Gasteiger partial charge in [-0.05, 0) is 42.0 Å². The van der Waals surface area contributed by atoms with Crippen molar-refractivity contribution in [2.75, 3.05) is 11.4 Å². The highest BCUT2D eigenvalue weighted by atomic mass is 35.5. The maximum atomic E-state index is 13.0. The smallest absolute Gasteiger partial charge is 0.245 e. The van der Waals surface area contributed by atoms with E-state index in [9.17, 15) is 14.0 Å². The van der Waals surface area contributed by atoms with Crippen molar-refractivity contribution in [1.82, 2.24) is 5.43 Å². The van der Waals surface area contributed by atoms with E-state index >= 15 is 0 Å². The van der Waals surface area contributed by atoms with Crippen molar-refractivity contribution in [2.45, 2.75) is 6.42 Å². The molecule has 1 aliphatic heterocycles. The third-order valence-corrected chi connectivity index (χ3v) is 4.11. The van der Waals surface area contributed by atoms with Crippen LogP contribution in [0.5, 0.6) is 0 Å². The van der Waals surface area contributed by atoms with E-state index in [0.29, 0.717) is 10.7 Å². The van der Waals surface area contributed by atoms with Gasteiger partial charge < -0.3 is 4.90 Å². The molecule has 25 heavy (non-hydrogen) atoms. The van der Waals surface area contributed by atoms with Crippen LogP contribution in [0.3, 0.4) is 0 Å². The Hall–Kier alpha value is -2.73. The number of nitrogens with one attached hydrogen (secondary N) is 1. The predicted octanol–water partition coefficient (Wildman–Crippen LogP) is 2.98. The number of halogens is 2. The van der Waals surface area contributed by atoms with Crippen LogP contribution >= 0.6 is 11.6 Å². The first-order chi connectivity index (χ1) is 12.0. The van der Waals surface area contributed by atoms with Crippen LogP contribution < -0.4 is 10.3 Å². The van der Waals surface area contributed by atoms with Crippen LogP contribution in [0.4, 0.5) is 10.1 Å². The molecule has 7 heteroatoms. The van der Waals surface area contributed by atoms with E-state index in [0.717, 1.165) is 5.56 Å². The van der Waals surface area contributed by atoms with Crippen LogP contribution in [0.15, 0.2) is 53.6 Å². The van der Waals surface area contributed by atoms with Gasteiger partial charge in [-0.3, -0.25) is 9.59 Å². The standard InChI is InChI=1S/C18H15ClFN3O2/c19-14-3-1-2-12(8-14)10-21-22-18(25)13-9-17(24)23(11-13)16-6-4-15(20)5-7-16/h1-8,10,13H,9,11H2,(H,22,25)/b21-10-/t13-/m0/s1. The van der Waals surface area contributed by atoms with Gasteiger partial charge in [0.25, 0.3) is 0 Å². The van der Waals surface area contributed by atoms with Gasteiger partial charge in [-0.15, -0.1) is 0 Å². The summed E-state index contributed by atoms with van der Waals surface area (Å²) in [6.45, 7) is 0.239. The Morgan fingerprint density at radius 2 is 2.04 bits per heavy atom. The van der Waals surface area contributed by atoms with E-state index in [-0.39, 0.29) is 30.6 Å². The summed E-state index contributed by atoms with van der Waals surface area (Å²) in [4.78, 5) is 25.8. The number of rotatable bonds is 4. The zero-order valence-electron chi connectivity index (χ0n) is 13.2. The molecule has 2 aromatic carbocycles. The van der Waals surface area contributed by atoms with E-state index in [1.165, 1.54) is 35.4 Å². The van der Waals surface area contributed by atoms with Crippen molar-refractivity contribution < 1.29 is 14.0 Å². The third-order valence-electron chi connectivity index (χ3n) is 3.87. The number of amides is 2. The molecule has 0 spiro atoms. The lowest BCUT2D eigenvalue weighted by molar-refractivity contribution is -0.126. The van der Waals surface area contributed by atoms with Crippen LogP contribution in [0.2, 0.25) is 5.02 Å². The molecule has 5 nitrogen and oxygen atoms in total. The highest BCUT2D eigenvalue weighted by Crippen LogP contribution is 2.25. The minimum atomic E-state index is -0.505. The van der Waals surface area contributed by atoms with E-state index in [4.69, 9.17) is 11.6 Å². The van der Waals surface area contributed by atoms with Crippen molar-refractivity contribution in [3.8, 4) is 0 Å². The third kappa shape index (κ3) is 4.22. The lowest BCUT2D eigenvalue weighted by atomic mass is 10.1. The molecule has 0 unspecified atom stereocenters. The number of nitrogens with zero attached hydrogens (tertiary/aromatic N) is 2. The molecule has 0 aliphatic carbocycles. The molecule has 1 atom stereocenters. The summed E-state index contributed by atoms with van der Waals surface area (Å²) in [6, 6.07) is 12.6. The lowest BCUT2D eigenvalue weighted by Crippen LogP contribution is -2.30. The Balaban J connectivity index is 1.60. The van der Waals surface area contributed by atoms with Gasteiger partial charge in [-0.25, -0.2) is 9.82 Å². The Morgan fingerprint density at radius 3 is 2.76 bits per heavy atom. The molecule has 0 radical (unpaired) electrons. The molecule has 3 rings (SSSR count). The first-order valence-electron chi connectivity index (χ1n) is 7.67. The second kappa shape index (κ2) is 7.44. The quantitative estimate of drug-likeness (QED) is 0.674. The normalized spacial score (nSPS) is 17.3. The number of hydrazone groups is 1. The van der Waals surface area contributed by atoms with Crippen molar-refractivity contribution in [3.05, 3.63) is 64.9 Å². The molecule has 1 N–H and O–H groups in total. The monoisotopic (exact) mass is 359 g/mol. The van der Waals surface area contributed by atoms with Gasteiger partial charge in [-0.2, -0.15) is 5.10 Å². The molecule has 128 valence electrons. The van der Waals surface area contributed by atoms with Gasteiger partial charge in [0.15, 0.2) is 0 Å². The minimum Gasteiger partial charge on any atom is -0.312 e. The van der Waals surface area contributed by atoms with Gasteiger partial charge in [0, 0.05) is 23.7 Å². The fraction of sp³-hybridized carbons (Fsp3) is 0.167. The topological polar surface area (TPSA) is 61.8 Å². The summed E-state index contributed by atoms with van der Waals surface area (Å²) in [5, 5.41) is 4.47. The number of carbonyl (C=O) groups is 2. The molecule has 2 amide bonds. The summed E-state index contributed by atoms with van der Waals surface area (Å²) >= 11 is 5.87. The lowest BCUT2D eigenvalue weighted by Gasteiger charge is -2.16. The molecule has 0 bridgehead atoms. The summed E-state index contributed by atoms with van der Waals surface area (Å²) in [5.41, 5.74) is 3.77. The highest BCUT2D eigenvalue weighted by Gasteiger charge is 2.35. The zero-order valence-corrected chi connectivity index (χ0v) is 13.9. The van der Waals surface area contributed by atoms with E-state index in [2.05, 4.69) is 10.5 Å². The van der Waals surface area contributed by atoms with Gasteiger partial charge in [-0.1, -0.05) is 23.7 Å². The second-order valence-corrected chi connectivity index (χ2v) is 6.11. The van der Waals surface area contributed by atoms with Crippen LogP contribution in [0.25, 0.3) is 0 Å². The van der Waals surface area contributed by atoms with Gasteiger partial charge in [0.1, 0.15) is 5.82 Å². The molecular weight excluding hydrogens is 345 g/mol. The fourth-order valence-corrected chi connectivity index (χ4v) is 2.80. The second-order valence-electron chi connectivity index (χ2n) is 5.67. The molecule has 1 heterocycles. The first kappa shape index (κ1) is 17.1. The number of carbonyl (C=O) groups excluding carboxylic acids is 2. The van der Waals surface area contributed by atoms with E-state index < -0.39 is 5.92 Å². The molecule has 1 saturated heterocycles. The predicted molar refractivity (Wildman–Crippen MR) is 94.0 cm³/mol.